The Bertz CT molecular complexity index is 1910. The van der Waals surface area contributed by atoms with Crippen LogP contribution in [0, 0.1) is 11.6 Å². The van der Waals surface area contributed by atoms with E-state index in [9.17, 15) is 19.1 Å². The Morgan fingerprint density at radius 1 is 1.12 bits per heavy atom. The van der Waals surface area contributed by atoms with Crippen LogP contribution in [0.25, 0.3) is 33.3 Å². The van der Waals surface area contributed by atoms with Gasteiger partial charge in [-0.05, 0) is 25.1 Å². The van der Waals surface area contributed by atoms with Crippen molar-refractivity contribution in [2.45, 2.75) is 18.4 Å². The van der Waals surface area contributed by atoms with Gasteiger partial charge in [-0.25, -0.2) is 18.6 Å². The van der Waals surface area contributed by atoms with Crippen molar-refractivity contribution < 1.29 is 23.4 Å². The van der Waals surface area contributed by atoms with Crippen LogP contribution in [0.3, 0.4) is 0 Å². The Hall–Kier alpha value is -4.42. The van der Waals surface area contributed by atoms with E-state index in [1.165, 1.54) is 16.8 Å². The number of morpholine rings is 1. The molecule has 12 heteroatoms. The maximum Gasteiger partial charge on any atom is 0.341 e. The summed E-state index contributed by atoms with van der Waals surface area (Å²) >= 11 is 0. The Morgan fingerprint density at radius 3 is 2.67 bits per heavy atom. The normalized spacial score (nSPS) is 19.7. The smallest absolute Gasteiger partial charge is 0.341 e. The van der Waals surface area contributed by atoms with Gasteiger partial charge in [0.2, 0.25) is 5.43 Å². The molecule has 3 aliphatic rings. The number of aromatic nitrogens is 3. The second-order valence-corrected chi connectivity index (χ2v) is 11.7. The van der Waals surface area contributed by atoms with E-state index in [2.05, 4.69) is 27.1 Å². The molecule has 1 aliphatic carbocycles. The summed E-state index contributed by atoms with van der Waals surface area (Å²) < 4.78 is 38.5. The molecule has 3 aromatic heterocycles. The van der Waals surface area contributed by atoms with Gasteiger partial charge in [-0.2, -0.15) is 0 Å². The minimum Gasteiger partial charge on any atom is -0.477 e. The molecule has 1 aromatic carbocycles. The fraction of sp³-hybridized carbons (Fsp3) is 0.355. The molecule has 2 aliphatic heterocycles. The number of benzene rings is 1. The molecule has 5 heterocycles. The van der Waals surface area contributed by atoms with Crippen LogP contribution < -0.4 is 15.6 Å². The molecular formula is C31H30F2N6O4. The van der Waals surface area contributed by atoms with Crippen LogP contribution in [0.15, 0.2) is 35.5 Å². The lowest BCUT2D eigenvalue weighted by Crippen LogP contribution is -2.52. The number of ether oxygens (including phenoxy) is 1. The monoisotopic (exact) mass is 588 g/mol. The molecule has 222 valence electrons. The van der Waals surface area contributed by atoms with Gasteiger partial charge in [0.1, 0.15) is 11.2 Å². The number of aromatic carboxylic acids is 1. The molecule has 0 radical (unpaired) electrons. The van der Waals surface area contributed by atoms with E-state index >= 15 is 4.39 Å². The minimum atomic E-state index is -1.33. The van der Waals surface area contributed by atoms with E-state index in [4.69, 9.17) is 9.72 Å². The third kappa shape index (κ3) is 4.19. The summed E-state index contributed by atoms with van der Waals surface area (Å²) in [6, 6.07) is 2.78. The molecule has 7 rings (SSSR count). The number of anilines is 2. The highest BCUT2D eigenvalue weighted by Gasteiger charge is 2.44. The molecule has 0 saturated carbocycles. The molecule has 2 N–H and O–H groups in total. The van der Waals surface area contributed by atoms with Crippen LogP contribution in [-0.2, 0) is 18.2 Å². The lowest BCUT2D eigenvalue weighted by atomic mass is 9.96. The lowest BCUT2D eigenvalue weighted by Gasteiger charge is -2.39. The number of pyridine rings is 3. The van der Waals surface area contributed by atoms with Crippen molar-refractivity contribution in [3.8, 4) is 22.3 Å². The summed E-state index contributed by atoms with van der Waals surface area (Å²) in [5.41, 5.74) is 3.06. The molecule has 2 fully saturated rings. The number of fused-ring (bicyclic) bond motifs is 4. The van der Waals surface area contributed by atoms with Gasteiger partial charge >= 0.3 is 5.97 Å². The van der Waals surface area contributed by atoms with Gasteiger partial charge in [0.25, 0.3) is 0 Å². The summed E-state index contributed by atoms with van der Waals surface area (Å²) in [7, 11) is 5.36. The van der Waals surface area contributed by atoms with Gasteiger partial charge in [0, 0.05) is 99.3 Å². The molecule has 1 spiro atoms. The third-order valence-corrected chi connectivity index (χ3v) is 8.95. The van der Waals surface area contributed by atoms with Crippen LogP contribution in [0.2, 0.25) is 0 Å². The average Bonchev–Trinajstić information content (AvgIpc) is 3.57. The van der Waals surface area contributed by atoms with Crippen LogP contribution >= 0.6 is 0 Å². The molecule has 10 nitrogen and oxygen atoms in total. The summed E-state index contributed by atoms with van der Waals surface area (Å²) in [6.07, 6.45) is 5.60. The van der Waals surface area contributed by atoms with Gasteiger partial charge in [0.05, 0.1) is 29.0 Å². The maximum absolute atomic E-state index is 15.7. The van der Waals surface area contributed by atoms with Crippen molar-refractivity contribution in [3.05, 3.63) is 69.4 Å². The number of carboxylic acid groups (broad SMARTS) is 1. The topological polar surface area (TPSA) is 113 Å². The van der Waals surface area contributed by atoms with Gasteiger partial charge < -0.3 is 29.5 Å². The SMILES string of the molecule is CNc1cc(F)c(F)c2c1Cc1ncc(-c3cnc4c(c3)c(=O)c(C(=O)O)cn4C)c(N3CC[C@]4(CN(C)CCO4)C3)c1-2. The van der Waals surface area contributed by atoms with Gasteiger partial charge in [-0.3, -0.25) is 9.78 Å². The molecule has 2 saturated heterocycles. The second-order valence-electron chi connectivity index (χ2n) is 11.7. The Labute approximate surface area is 245 Å². The highest BCUT2D eigenvalue weighted by atomic mass is 19.2. The highest BCUT2D eigenvalue weighted by molar-refractivity contribution is 5.98. The van der Waals surface area contributed by atoms with Crippen molar-refractivity contribution in [2.75, 3.05) is 57.1 Å². The Kier molecular flexibility index (Phi) is 6.26. The first kappa shape index (κ1) is 27.4. The molecule has 1 atom stereocenters. The number of nitrogens with zero attached hydrogens (tertiary/aromatic N) is 5. The lowest BCUT2D eigenvalue weighted by molar-refractivity contribution is -0.0885. The van der Waals surface area contributed by atoms with Crippen LogP contribution in [-0.4, -0.2) is 83.0 Å². The van der Waals surface area contributed by atoms with Gasteiger partial charge in [-0.1, -0.05) is 0 Å². The number of carbonyl (C=O) groups is 1. The van der Waals surface area contributed by atoms with Gasteiger partial charge in [-0.15, -0.1) is 0 Å². The zero-order valence-corrected chi connectivity index (χ0v) is 24.0. The minimum absolute atomic E-state index is 0.136. The number of rotatable bonds is 4. The summed E-state index contributed by atoms with van der Waals surface area (Å²) in [6.45, 7) is 3.30. The van der Waals surface area contributed by atoms with Crippen LogP contribution in [0.5, 0.6) is 0 Å². The second kappa shape index (κ2) is 9.81. The summed E-state index contributed by atoms with van der Waals surface area (Å²) in [4.78, 5) is 38.6. The van der Waals surface area contributed by atoms with E-state index in [-0.39, 0.29) is 16.5 Å². The first-order valence-electron chi connectivity index (χ1n) is 14.1. The first-order valence-corrected chi connectivity index (χ1v) is 14.1. The number of hydrogen-bond acceptors (Lipinski definition) is 8. The zero-order chi connectivity index (χ0) is 30.2. The third-order valence-electron chi connectivity index (χ3n) is 8.95. The number of aryl methyl sites for hydroxylation is 1. The van der Waals surface area contributed by atoms with Crippen molar-refractivity contribution in [1.82, 2.24) is 19.4 Å². The summed E-state index contributed by atoms with van der Waals surface area (Å²) in [5, 5.41) is 12.7. The molecule has 43 heavy (non-hydrogen) atoms. The summed E-state index contributed by atoms with van der Waals surface area (Å²) in [5.74, 6) is -3.23. The number of hydrogen-bond donors (Lipinski definition) is 2. The highest BCUT2D eigenvalue weighted by Crippen LogP contribution is 2.51. The van der Waals surface area contributed by atoms with Gasteiger partial charge in [0.15, 0.2) is 11.6 Å². The van der Waals surface area contributed by atoms with Crippen LogP contribution in [0.4, 0.5) is 20.2 Å². The molecule has 0 bridgehead atoms. The van der Waals surface area contributed by atoms with E-state index < -0.39 is 28.6 Å². The first-order chi connectivity index (χ1) is 20.6. The molecule has 0 amide bonds. The van der Waals surface area contributed by atoms with Crippen molar-refractivity contribution >= 4 is 28.4 Å². The average molecular weight is 589 g/mol. The van der Waals surface area contributed by atoms with Crippen molar-refractivity contribution in [1.29, 1.82) is 0 Å². The number of likely N-dealkylation sites (N-methyl/N-ethyl adjacent to an activating group) is 1. The maximum atomic E-state index is 15.7. The largest absolute Gasteiger partial charge is 0.477 e. The molecule has 0 unspecified atom stereocenters. The van der Waals surface area contributed by atoms with E-state index in [1.54, 1.807) is 32.6 Å². The zero-order valence-electron chi connectivity index (χ0n) is 24.0. The number of halogens is 2. The predicted molar refractivity (Wildman–Crippen MR) is 158 cm³/mol. The number of nitrogens with one attached hydrogen (secondary N) is 1. The van der Waals surface area contributed by atoms with E-state index in [1.807, 2.05) is 0 Å². The van der Waals surface area contributed by atoms with Crippen LogP contribution in [0.1, 0.15) is 28.0 Å². The molecule has 4 aromatic rings. The molecular weight excluding hydrogens is 558 g/mol. The quantitative estimate of drug-likeness (QED) is 0.326. The Morgan fingerprint density at radius 2 is 1.93 bits per heavy atom. The predicted octanol–water partition coefficient (Wildman–Crippen LogP) is 3.50. The van der Waals surface area contributed by atoms with E-state index in [0.29, 0.717) is 71.1 Å². The Balaban J connectivity index is 1.48. The fourth-order valence-corrected chi connectivity index (χ4v) is 6.96. The van der Waals surface area contributed by atoms with Crippen molar-refractivity contribution in [3.63, 3.8) is 0 Å². The van der Waals surface area contributed by atoms with E-state index in [0.717, 1.165) is 19.5 Å². The fourth-order valence-electron chi connectivity index (χ4n) is 6.96. The van der Waals surface area contributed by atoms with Crippen molar-refractivity contribution in [2.24, 2.45) is 7.05 Å². The standard InChI is InChI=1S/C31H30F2N6O4/c1-34-22-10-21(32)26(33)24-17(22)9-23-25(24)27(39-5-4-31(15-39)14-37(2)6-7-43-31)19(12-35-23)16-8-18-28(40)20(30(41)42)13-38(3)29(18)36-11-16/h8,10-13,34H,4-7,9,14-15H2,1-3H3,(H,41,42)/t31-/m0/s1. The number of carboxylic acids is 1.